The number of nitro groups is 1. The Kier molecular flexibility index (Phi) is 5.30. The summed E-state index contributed by atoms with van der Waals surface area (Å²) in [6.07, 6.45) is 3.58. The molecule has 0 radical (unpaired) electrons. The average Bonchev–Trinajstić information content (AvgIpc) is 2.89. The van der Waals surface area contributed by atoms with Crippen LogP contribution in [-0.4, -0.2) is 24.2 Å². The molecular weight excluding hydrogens is 312 g/mol. The first-order valence-electron chi connectivity index (χ1n) is 6.42. The van der Waals surface area contributed by atoms with Gasteiger partial charge in [-0.1, -0.05) is 15.9 Å². The molecule has 1 saturated heterocycles. The van der Waals surface area contributed by atoms with Gasteiger partial charge in [-0.3, -0.25) is 10.1 Å². The van der Waals surface area contributed by atoms with Crippen molar-refractivity contribution in [2.45, 2.75) is 31.9 Å². The summed E-state index contributed by atoms with van der Waals surface area (Å²) in [5.41, 5.74) is 0.861. The van der Waals surface area contributed by atoms with E-state index < -0.39 is 0 Å². The molecule has 0 amide bonds. The minimum absolute atomic E-state index is 0.152. The maximum Gasteiger partial charge on any atom is 0.275 e. The third kappa shape index (κ3) is 4.26. The third-order valence-electron chi connectivity index (χ3n) is 3.23. The molecule has 1 unspecified atom stereocenters. The number of rotatable bonds is 6. The fourth-order valence-electron chi connectivity index (χ4n) is 2.21. The Hall–Kier alpha value is -0.980. The average molecular weight is 329 g/mol. The summed E-state index contributed by atoms with van der Waals surface area (Å²) >= 11 is 3.25. The fourth-order valence-corrected chi connectivity index (χ4v) is 2.56. The highest BCUT2D eigenvalue weighted by molar-refractivity contribution is 9.10. The van der Waals surface area contributed by atoms with Crippen LogP contribution in [0.2, 0.25) is 0 Å². The second kappa shape index (κ2) is 6.98. The van der Waals surface area contributed by atoms with Crippen molar-refractivity contribution in [1.29, 1.82) is 0 Å². The molecule has 5 nitrogen and oxygen atoms in total. The van der Waals surface area contributed by atoms with E-state index in [4.69, 9.17) is 4.74 Å². The number of nitrogens with one attached hydrogen (secondary N) is 1. The van der Waals surface area contributed by atoms with Crippen LogP contribution < -0.4 is 5.32 Å². The lowest BCUT2D eigenvalue weighted by molar-refractivity contribution is -0.385. The zero-order valence-corrected chi connectivity index (χ0v) is 12.2. The summed E-state index contributed by atoms with van der Waals surface area (Å²) in [5, 5.41) is 14.2. The molecular formula is C13H17BrN2O3. The van der Waals surface area contributed by atoms with Gasteiger partial charge in [0, 0.05) is 29.3 Å². The number of hydrogen-bond donors (Lipinski definition) is 1. The Labute approximate surface area is 120 Å². The van der Waals surface area contributed by atoms with Crippen LogP contribution in [0.4, 0.5) is 5.69 Å². The summed E-state index contributed by atoms with van der Waals surface area (Å²) in [5.74, 6) is 0. The molecule has 1 N–H and O–H groups in total. The van der Waals surface area contributed by atoms with E-state index in [0.717, 1.165) is 36.9 Å². The molecule has 104 valence electrons. The van der Waals surface area contributed by atoms with E-state index in [9.17, 15) is 10.1 Å². The predicted molar refractivity (Wildman–Crippen MR) is 76.1 cm³/mol. The van der Waals surface area contributed by atoms with Crippen molar-refractivity contribution in [3.63, 3.8) is 0 Å². The predicted octanol–water partition coefficient (Wildman–Crippen LogP) is 3.02. The summed E-state index contributed by atoms with van der Waals surface area (Å²) < 4.78 is 6.25. The molecule has 1 aromatic carbocycles. The first-order chi connectivity index (χ1) is 9.16. The number of benzene rings is 1. The smallest absolute Gasteiger partial charge is 0.275 e. The van der Waals surface area contributed by atoms with Gasteiger partial charge < -0.3 is 10.1 Å². The minimum Gasteiger partial charge on any atom is -0.378 e. The molecule has 19 heavy (non-hydrogen) atoms. The van der Waals surface area contributed by atoms with Crippen LogP contribution in [-0.2, 0) is 11.3 Å². The second-order valence-electron chi connectivity index (χ2n) is 4.63. The third-order valence-corrected chi connectivity index (χ3v) is 3.72. The Morgan fingerprint density at radius 3 is 3.05 bits per heavy atom. The van der Waals surface area contributed by atoms with Gasteiger partial charge in [-0.15, -0.1) is 0 Å². The van der Waals surface area contributed by atoms with Crippen LogP contribution >= 0.6 is 15.9 Å². The van der Waals surface area contributed by atoms with E-state index >= 15 is 0 Å². The van der Waals surface area contributed by atoms with Gasteiger partial charge >= 0.3 is 0 Å². The van der Waals surface area contributed by atoms with E-state index in [0.29, 0.717) is 18.2 Å². The van der Waals surface area contributed by atoms with Crippen LogP contribution in [0.5, 0.6) is 0 Å². The van der Waals surface area contributed by atoms with E-state index in [-0.39, 0.29) is 10.6 Å². The van der Waals surface area contributed by atoms with Gasteiger partial charge in [-0.25, -0.2) is 0 Å². The lowest BCUT2D eigenvalue weighted by Crippen LogP contribution is -2.20. The molecule has 1 aliphatic heterocycles. The van der Waals surface area contributed by atoms with Gasteiger partial charge in [-0.05, 0) is 37.9 Å². The molecule has 0 spiro atoms. The van der Waals surface area contributed by atoms with Crippen molar-refractivity contribution >= 4 is 21.6 Å². The largest absolute Gasteiger partial charge is 0.378 e. The van der Waals surface area contributed by atoms with Gasteiger partial charge in [0.1, 0.15) is 0 Å². The lowest BCUT2D eigenvalue weighted by atomic mass is 10.1. The van der Waals surface area contributed by atoms with E-state index in [1.807, 2.05) is 6.07 Å². The highest BCUT2D eigenvalue weighted by atomic mass is 79.9. The van der Waals surface area contributed by atoms with Gasteiger partial charge in [0.05, 0.1) is 11.0 Å². The Morgan fingerprint density at radius 2 is 2.37 bits per heavy atom. The van der Waals surface area contributed by atoms with Gasteiger partial charge in [0.15, 0.2) is 0 Å². The quantitative estimate of drug-likeness (QED) is 0.495. The van der Waals surface area contributed by atoms with Gasteiger partial charge in [0.2, 0.25) is 0 Å². The monoisotopic (exact) mass is 328 g/mol. The van der Waals surface area contributed by atoms with Crippen molar-refractivity contribution in [3.05, 3.63) is 38.3 Å². The highest BCUT2D eigenvalue weighted by Gasteiger charge is 2.16. The molecule has 1 atom stereocenters. The van der Waals surface area contributed by atoms with Gasteiger partial charge in [0.25, 0.3) is 5.69 Å². The summed E-state index contributed by atoms with van der Waals surface area (Å²) in [6, 6.07) is 5.14. The molecule has 1 heterocycles. The lowest BCUT2D eigenvalue weighted by Gasteiger charge is -2.10. The van der Waals surface area contributed by atoms with E-state index in [1.54, 1.807) is 6.07 Å². The highest BCUT2D eigenvalue weighted by Crippen LogP contribution is 2.23. The number of hydrogen-bond acceptors (Lipinski definition) is 4. The van der Waals surface area contributed by atoms with Crippen molar-refractivity contribution in [2.24, 2.45) is 0 Å². The summed E-state index contributed by atoms with van der Waals surface area (Å²) in [6.45, 7) is 2.19. The number of ether oxygens (including phenoxy) is 1. The first-order valence-corrected chi connectivity index (χ1v) is 7.21. The summed E-state index contributed by atoms with van der Waals surface area (Å²) in [4.78, 5) is 10.6. The SMILES string of the molecule is O=[N+]([O-])c1cc(Br)ccc1CNCCC1CCCO1. The van der Waals surface area contributed by atoms with Crippen molar-refractivity contribution in [2.75, 3.05) is 13.2 Å². The molecule has 1 aromatic rings. The molecule has 2 rings (SSSR count). The standard InChI is InChI=1S/C13H17BrN2O3/c14-11-4-3-10(13(8-11)16(17)18)9-15-6-5-12-2-1-7-19-12/h3-4,8,12,15H,1-2,5-7,9H2. The minimum atomic E-state index is -0.345. The maximum absolute atomic E-state index is 11.0. The normalized spacial score (nSPS) is 18.7. The Bertz CT molecular complexity index is 448. The van der Waals surface area contributed by atoms with E-state index in [2.05, 4.69) is 21.2 Å². The first kappa shape index (κ1) is 14.4. The van der Waals surface area contributed by atoms with Crippen molar-refractivity contribution < 1.29 is 9.66 Å². The molecule has 0 saturated carbocycles. The maximum atomic E-state index is 11.0. The fraction of sp³-hybridized carbons (Fsp3) is 0.538. The van der Waals surface area contributed by atoms with Crippen LogP contribution in [0.3, 0.4) is 0 Å². The van der Waals surface area contributed by atoms with Crippen LogP contribution in [0.1, 0.15) is 24.8 Å². The zero-order chi connectivity index (χ0) is 13.7. The number of nitrogens with zero attached hydrogens (tertiary/aromatic N) is 1. The molecule has 0 aromatic heterocycles. The molecule has 0 aliphatic carbocycles. The number of nitro benzene ring substituents is 1. The summed E-state index contributed by atoms with van der Waals surface area (Å²) in [7, 11) is 0. The second-order valence-corrected chi connectivity index (χ2v) is 5.55. The molecule has 0 bridgehead atoms. The molecule has 1 aliphatic rings. The van der Waals surface area contributed by atoms with E-state index in [1.165, 1.54) is 6.07 Å². The number of halogens is 1. The van der Waals surface area contributed by atoms with Crippen molar-refractivity contribution in [3.8, 4) is 0 Å². The van der Waals surface area contributed by atoms with Crippen LogP contribution in [0.25, 0.3) is 0 Å². The van der Waals surface area contributed by atoms with Crippen LogP contribution in [0.15, 0.2) is 22.7 Å². The van der Waals surface area contributed by atoms with Gasteiger partial charge in [-0.2, -0.15) is 0 Å². The Balaban J connectivity index is 1.83. The topological polar surface area (TPSA) is 64.4 Å². The molecule has 1 fully saturated rings. The van der Waals surface area contributed by atoms with Crippen LogP contribution in [0, 0.1) is 10.1 Å². The Morgan fingerprint density at radius 1 is 1.53 bits per heavy atom. The zero-order valence-electron chi connectivity index (χ0n) is 10.6. The van der Waals surface area contributed by atoms with Crippen molar-refractivity contribution in [1.82, 2.24) is 5.32 Å². The molecule has 6 heteroatoms.